The SMILES string of the molecule is O=C(O)COCCN1C(=O)CC2(CCCC2)CC1=O. The van der Waals surface area contributed by atoms with E-state index in [9.17, 15) is 14.4 Å². The van der Waals surface area contributed by atoms with Crippen LogP contribution >= 0.6 is 0 Å². The van der Waals surface area contributed by atoms with Crippen LogP contribution in [0.15, 0.2) is 0 Å². The third kappa shape index (κ3) is 3.32. The van der Waals surface area contributed by atoms with E-state index < -0.39 is 12.6 Å². The number of likely N-dealkylation sites (tertiary alicyclic amines) is 1. The van der Waals surface area contributed by atoms with E-state index in [2.05, 4.69) is 0 Å². The number of hydrogen-bond acceptors (Lipinski definition) is 4. The van der Waals surface area contributed by atoms with Gasteiger partial charge in [0.05, 0.1) is 13.2 Å². The summed E-state index contributed by atoms with van der Waals surface area (Å²) in [6, 6.07) is 0. The van der Waals surface area contributed by atoms with Gasteiger partial charge in [-0.25, -0.2) is 4.79 Å². The van der Waals surface area contributed by atoms with Crippen LogP contribution in [0.2, 0.25) is 0 Å². The van der Waals surface area contributed by atoms with Crippen molar-refractivity contribution >= 4 is 17.8 Å². The van der Waals surface area contributed by atoms with Gasteiger partial charge in [-0.1, -0.05) is 12.8 Å². The van der Waals surface area contributed by atoms with E-state index in [0.717, 1.165) is 25.7 Å². The third-order valence-electron chi connectivity index (χ3n) is 4.00. The van der Waals surface area contributed by atoms with Crippen molar-refractivity contribution in [3.63, 3.8) is 0 Å². The molecule has 1 aliphatic carbocycles. The molecule has 1 N–H and O–H groups in total. The molecule has 1 spiro atoms. The van der Waals surface area contributed by atoms with Gasteiger partial charge in [0.15, 0.2) is 0 Å². The first-order chi connectivity index (χ1) is 9.02. The fourth-order valence-corrected chi connectivity index (χ4v) is 3.08. The molecular weight excluding hydrogens is 250 g/mol. The molecule has 2 fully saturated rings. The molecule has 2 rings (SSSR count). The first-order valence-corrected chi connectivity index (χ1v) is 6.65. The van der Waals surface area contributed by atoms with Gasteiger partial charge in [0.25, 0.3) is 0 Å². The molecule has 19 heavy (non-hydrogen) atoms. The molecule has 0 unspecified atom stereocenters. The molecule has 0 aromatic carbocycles. The molecule has 1 saturated heterocycles. The highest BCUT2D eigenvalue weighted by molar-refractivity contribution is 5.98. The Morgan fingerprint density at radius 2 is 1.79 bits per heavy atom. The Morgan fingerprint density at radius 1 is 1.21 bits per heavy atom. The number of carbonyl (C=O) groups excluding carboxylic acids is 2. The largest absolute Gasteiger partial charge is 0.480 e. The third-order valence-corrected chi connectivity index (χ3v) is 4.00. The van der Waals surface area contributed by atoms with Crippen molar-refractivity contribution < 1.29 is 24.2 Å². The lowest BCUT2D eigenvalue weighted by molar-refractivity contribution is -0.154. The monoisotopic (exact) mass is 269 g/mol. The van der Waals surface area contributed by atoms with Crippen molar-refractivity contribution in [1.82, 2.24) is 4.90 Å². The second-order valence-electron chi connectivity index (χ2n) is 5.45. The average Bonchev–Trinajstić information content (AvgIpc) is 2.74. The number of nitrogens with zero attached hydrogens (tertiary/aromatic N) is 1. The zero-order chi connectivity index (χ0) is 13.9. The van der Waals surface area contributed by atoms with Crippen LogP contribution in [-0.2, 0) is 19.1 Å². The molecule has 0 atom stereocenters. The van der Waals surface area contributed by atoms with Gasteiger partial charge >= 0.3 is 5.97 Å². The standard InChI is InChI=1S/C13H19NO5/c15-10-7-13(3-1-2-4-13)8-11(16)14(10)5-6-19-9-12(17)18/h1-9H2,(H,17,18). The van der Waals surface area contributed by atoms with E-state index in [-0.39, 0.29) is 30.4 Å². The molecule has 0 bridgehead atoms. The van der Waals surface area contributed by atoms with Crippen LogP contribution in [0.1, 0.15) is 38.5 Å². The first-order valence-electron chi connectivity index (χ1n) is 6.65. The minimum absolute atomic E-state index is 0.0801. The second kappa shape index (κ2) is 5.69. The minimum Gasteiger partial charge on any atom is -0.480 e. The minimum atomic E-state index is -1.05. The van der Waals surface area contributed by atoms with E-state index in [1.54, 1.807) is 0 Å². The summed E-state index contributed by atoms with van der Waals surface area (Å²) < 4.78 is 4.87. The lowest BCUT2D eigenvalue weighted by Crippen LogP contribution is -2.48. The van der Waals surface area contributed by atoms with Crippen molar-refractivity contribution in [3.8, 4) is 0 Å². The van der Waals surface area contributed by atoms with Crippen molar-refractivity contribution in [2.75, 3.05) is 19.8 Å². The Bertz CT molecular complexity index is 366. The number of piperidine rings is 1. The summed E-state index contributed by atoms with van der Waals surface area (Å²) in [7, 11) is 0. The summed E-state index contributed by atoms with van der Waals surface area (Å²) in [5, 5.41) is 8.42. The topological polar surface area (TPSA) is 83.9 Å². The quantitative estimate of drug-likeness (QED) is 0.589. The van der Waals surface area contributed by atoms with Gasteiger partial charge in [-0.2, -0.15) is 0 Å². The molecule has 2 aliphatic rings. The molecule has 1 aliphatic heterocycles. The molecule has 0 radical (unpaired) electrons. The zero-order valence-corrected chi connectivity index (χ0v) is 10.9. The van der Waals surface area contributed by atoms with Crippen molar-refractivity contribution in [1.29, 1.82) is 0 Å². The molecule has 0 aromatic heterocycles. The predicted molar refractivity (Wildman–Crippen MR) is 65.3 cm³/mol. The maximum absolute atomic E-state index is 12.0. The van der Waals surface area contributed by atoms with E-state index in [4.69, 9.17) is 9.84 Å². The predicted octanol–water partition coefficient (Wildman–Crippen LogP) is 0.797. The van der Waals surface area contributed by atoms with Crippen molar-refractivity contribution in [3.05, 3.63) is 0 Å². The van der Waals surface area contributed by atoms with Crippen LogP contribution in [0, 0.1) is 5.41 Å². The summed E-state index contributed by atoms with van der Waals surface area (Å²) in [6.45, 7) is -0.169. The Kier molecular flexibility index (Phi) is 4.19. The maximum atomic E-state index is 12.0. The molecule has 6 heteroatoms. The number of carbonyl (C=O) groups is 3. The number of imide groups is 1. The van der Waals surface area contributed by atoms with E-state index in [0.29, 0.717) is 12.8 Å². The summed E-state index contributed by atoms with van der Waals surface area (Å²) in [4.78, 5) is 35.5. The number of amides is 2. The molecule has 6 nitrogen and oxygen atoms in total. The molecule has 1 heterocycles. The van der Waals surface area contributed by atoms with E-state index in [1.807, 2.05) is 0 Å². The molecule has 1 saturated carbocycles. The molecule has 106 valence electrons. The summed E-state index contributed by atoms with van der Waals surface area (Å²) in [5.41, 5.74) is -0.0907. The van der Waals surface area contributed by atoms with Crippen LogP contribution < -0.4 is 0 Å². The Morgan fingerprint density at radius 3 is 2.32 bits per heavy atom. The molecule has 0 aromatic rings. The Balaban J connectivity index is 1.84. The van der Waals surface area contributed by atoms with Crippen LogP contribution in [-0.4, -0.2) is 47.5 Å². The molecule has 2 amide bonds. The first kappa shape index (κ1) is 14.0. The maximum Gasteiger partial charge on any atom is 0.329 e. The average molecular weight is 269 g/mol. The van der Waals surface area contributed by atoms with Crippen LogP contribution in [0.25, 0.3) is 0 Å². The van der Waals surface area contributed by atoms with E-state index in [1.165, 1.54) is 4.90 Å². The number of rotatable bonds is 5. The number of carboxylic acids is 1. The highest BCUT2D eigenvalue weighted by Crippen LogP contribution is 2.46. The zero-order valence-electron chi connectivity index (χ0n) is 10.9. The highest BCUT2D eigenvalue weighted by atomic mass is 16.5. The second-order valence-corrected chi connectivity index (χ2v) is 5.45. The summed E-state index contributed by atoms with van der Waals surface area (Å²) in [5.74, 6) is -1.34. The normalized spacial score (nSPS) is 22.2. The lowest BCUT2D eigenvalue weighted by Gasteiger charge is -2.37. The van der Waals surface area contributed by atoms with Crippen molar-refractivity contribution in [2.24, 2.45) is 5.41 Å². The highest BCUT2D eigenvalue weighted by Gasteiger charge is 2.44. The van der Waals surface area contributed by atoms with Gasteiger partial charge < -0.3 is 9.84 Å². The number of carboxylic acid groups (broad SMARTS) is 1. The number of aliphatic carboxylic acids is 1. The van der Waals surface area contributed by atoms with Gasteiger partial charge in [-0.05, 0) is 18.3 Å². The van der Waals surface area contributed by atoms with Gasteiger partial charge in [-0.15, -0.1) is 0 Å². The van der Waals surface area contributed by atoms with Gasteiger partial charge in [0, 0.05) is 12.8 Å². The molecular formula is C13H19NO5. The van der Waals surface area contributed by atoms with E-state index >= 15 is 0 Å². The van der Waals surface area contributed by atoms with Crippen LogP contribution in [0.4, 0.5) is 0 Å². The fraction of sp³-hybridized carbons (Fsp3) is 0.769. The van der Waals surface area contributed by atoms with Crippen molar-refractivity contribution in [2.45, 2.75) is 38.5 Å². The fourth-order valence-electron chi connectivity index (χ4n) is 3.08. The smallest absolute Gasteiger partial charge is 0.329 e. The van der Waals surface area contributed by atoms with Gasteiger partial charge in [0.2, 0.25) is 11.8 Å². The van der Waals surface area contributed by atoms with Gasteiger partial charge in [-0.3, -0.25) is 14.5 Å². The van der Waals surface area contributed by atoms with Crippen LogP contribution in [0.5, 0.6) is 0 Å². The van der Waals surface area contributed by atoms with Crippen LogP contribution in [0.3, 0.4) is 0 Å². The summed E-state index contributed by atoms with van der Waals surface area (Å²) >= 11 is 0. The number of hydrogen-bond donors (Lipinski definition) is 1. The Labute approximate surface area is 111 Å². The van der Waals surface area contributed by atoms with Gasteiger partial charge in [0.1, 0.15) is 6.61 Å². The lowest BCUT2D eigenvalue weighted by atomic mass is 9.76. The summed E-state index contributed by atoms with van der Waals surface area (Å²) in [6.07, 6.45) is 5.02. The Hall–Kier alpha value is -1.43. The number of ether oxygens (including phenoxy) is 1.